The smallest absolute Gasteiger partial charge is 0.321 e. The minimum Gasteiger partial charge on any atom is -0.356 e. The van der Waals surface area contributed by atoms with Crippen molar-refractivity contribution in [2.75, 3.05) is 23.3 Å². The number of piperidine rings is 1. The van der Waals surface area contributed by atoms with Crippen LogP contribution in [0, 0.1) is 0 Å². The van der Waals surface area contributed by atoms with Gasteiger partial charge in [-0.15, -0.1) is 10.2 Å². The predicted octanol–water partition coefficient (Wildman–Crippen LogP) is 3.12. The van der Waals surface area contributed by atoms with Crippen molar-refractivity contribution in [3.8, 4) is 0 Å². The summed E-state index contributed by atoms with van der Waals surface area (Å²) in [5.74, 6) is 1.54. The van der Waals surface area contributed by atoms with Gasteiger partial charge in [-0.3, -0.25) is 5.32 Å². The third-order valence-corrected chi connectivity index (χ3v) is 5.55. The van der Waals surface area contributed by atoms with Gasteiger partial charge in [0.25, 0.3) is 0 Å². The van der Waals surface area contributed by atoms with E-state index in [1.165, 1.54) is 43.4 Å². The molecule has 0 aromatic carbocycles. The molecule has 2 aromatic rings. The predicted molar refractivity (Wildman–Crippen MR) is 98.0 cm³/mol. The van der Waals surface area contributed by atoms with Crippen molar-refractivity contribution < 1.29 is 4.79 Å². The normalized spacial score (nSPS) is 17.4. The average molecular weight is 358 g/mol. The van der Waals surface area contributed by atoms with Crippen LogP contribution in [0.5, 0.6) is 0 Å². The molecule has 4 rings (SSSR count). The van der Waals surface area contributed by atoms with Crippen molar-refractivity contribution in [1.82, 2.24) is 20.5 Å². The van der Waals surface area contributed by atoms with Gasteiger partial charge in [-0.1, -0.05) is 17.4 Å². The largest absolute Gasteiger partial charge is 0.356 e. The highest BCUT2D eigenvalue weighted by atomic mass is 32.1. The van der Waals surface area contributed by atoms with E-state index < -0.39 is 0 Å². The van der Waals surface area contributed by atoms with Crippen LogP contribution >= 0.6 is 11.3 Å². The van der Waals surface area contributed by atoms with Crippen LogP contribution in [-0.4, -0.2) is 34.3 Å². The van der Waals surface area contributed by atoms with Crippen molar-refractivity contribution in [2.24, 2.45) is 0 Å². The lowest BCUT2D eigenvalue weighted by atomic mass is 10.1. The van der Waals surface area contributed by atoms with Crippen LogP contribution in [0.25, 0.3) is 0 Å². The maximum absolute atomic E-state index is 12.2. The molecular formula is C17H22N6OS. The fourth-order valence-electron chi connectivity index (χ4n) is 3.06. The van der Waals surface area contributed by atoms with Crippen molar-refractivity contribution in [3.63, 3.8) is 0 Å². The van der Waals surface area contributed by atoms with E-state index in [9.17, 15) is 4.79 Å². The first-order valence-electron chi connectivity index (χ1n) is 8.87. The Kier molecular flexibility index (Phi) is 4.78. The van der Waals surface area contributed by atoms with E-state index in [1.807, 2.05) is 18.3 Å². The number of rotatable bonds is 5. The summed E-state index contributed by atoms with van der Waals surface area (Å²) in [6, 6.07) is 3.68. The number of carbonyl (C=O) groups is 1. The number of anilines is 2. The molecule has 2 fully saturated rings. The Labute approximate surface area is 150 Å². The zero-order valence-electron chi connectivity index (χ0n) is 14.1. The van der Waals surface area contributed by atoms with Gasteiger partial charge in [0.2, 0.25) is 5.13 Å². The van der Waals surface area contributed by atoms with Gasteiger partial charge < -0.3 is 10.2 Å². The van der Waals surface area contributed by atoms with Crippen LogP contribution in [0.3, 0.4) is 0 Å². The van der Waals surface area contributed by atoms with E-state index in [4.69, 9.17) is 0 Å². The van der Waals surface area contributed by atoms with Gasteiger partial charge in [0.05, 0.1) is 0 Å². The number of pyridine rings is 1. The van der Waals surface area contributed by atoms with Gasteiger partial charge in [-0.25, -0.2) is 9.78 Å². The van der Waals surface area contributed by atoms with Crippen LogP contribution in [0.15, 0.2) is 18.3 Å². The lowest BCUT2D eigenvalue weighted by Crippen LogP contribution is -2.33. The number of aromatic nitrogens is 3. The number of amides is 2. The van der Waals surface area contributed by atoms with Gasteiger partial charge in [-0.05, 0) is 38.2 Å². The van der Waals surface area contributed by atoms with E-state index in [0.29, 0.717) is 17.6 Å². The highest BCUT2D eigenvalue weighted by Crippen LogP contribution is 2.42. The molecule has 0 atom stereocenters. The van der Waals surface area contributed by atoms with Crippen molar-refractivity contribution in [1.29, 1.82) is 0 Å². The highest BCUT2D eigenvalue weighted by Gasteiger charge is 2.27. The number of nitrogens with zero attached hydrogens (tertiary/aromatic N) is 4. The Morgan fingerprint density at radius 3 is 2.88 bits per heavy atom. The summed E-state index contributed by atoms with van der Waals surface area (Å²) in [6.45, 7) is 2.51. The van der Waals surface area contributed by atoms with Gasteiger partial charge in [0.15, 0.2) is 0 Å². The molecule has 1 saturated carbocycles. The number of hydrogen-bond acceptors (Lipinski definition) is 6. The zero-order valence-corrected chi connectivity index (χ0v) is 14.9. The molecule has 2 amide bonds. The fraction of sp³-hybridized carbons (Fsp3) is 0.529. The summed E-state index contributed by atoms with van der Waals surface area (Å²) >= 11 is 1.46. The SMILES string of the molecule is O=C(NCc1cccnc1N1CCCCC1)Nc1nnc(C2CC2)s1. The number of hydrogen-bond donors (Lipinski definition) is 2. The van der Waals surface area contributed by atoms with Gasteiger partial charge in [0, 0.05) is 37.3 Å². The van der Waals surface area contributed by atoms with Crippen molar-refractivity contribution in [2.45, 2.75) is 44.6 Å². The molecule has 1 saturated heterocycles. The molecule has 25 heavy (non-hydrogen) atoms. The molecule has 0 spiro atoms. The summed E-state index contributed by atoms with van der Waals surface area (Å²) in [6.07, 6.45) is 7.86. The Hall–Kier alpha value is -2.22. The molecule has 7 nitrogen and oxygen atoms in total. The molecule has 2 aliphatic rings. The molecule has 3 heterocycles. The lowest BCUT2D eigenvalue weighted by molar-refractivity contribution is 0.251. The van der Waals surface area contributed by atoms with Crippen LogP contribution in [-0.2, 0) is 6.54 Å². The summed E-state index contributed by atoms with van der Waals surface area (Å²) in [7, 11) is 0. The zero-order chi connectivity index (χ0) is 17.1. The van der Waals surface area contributed by atoms with Crippen LogP contribution in [0.4, 0.5) is 15.7 Å². The monoisotopic (exact) mass is 358 g/mol. The van der Waals surface area contributed by atoms with E-state index in [1.54, 1.807) is 0 Å². The van der Waals surface area contributed by atoms with Crippen LogP contribution in [0.1, 0.15) is 48.6 Å². The van der Waals surface area contributed by atoms with Gasteiger partial charge in [0.1, 0.15) is 10.8 Å². The maximum atomic E-state index is 12.2. The first-order valence-corrected chi connectivity index (χ1v) is 9.68. The maximum Gasteiger partial charge on any atom is 0.321 e. The first-order chi connectivity index (χ1) is 12.3. The van der Waals surface area contributed by atoms with E-state index >= 15 is 0 Å². The standard InChI is InChI=1S/C17H22N6OS/c24-16(20-17-22-21-15(25-17)12-6-7-12)19-11-13-5-4-8-18-14(13)23-9-2-1-3-10-23/h4-5,8,12H,1-3,6-7,9-11H2,(H2,19,20,22,24). The summed E-state index contributed by atoms with van der Waals surface area (Å²) in [5, 5.41) is 15.4. The Morgan fingerprint density at radius 1 is 1.24 bits per heavy atom. The first kappa shape index (κ1) is 16.3. The second-order valence-electron chi connectivity index (χ2n) is 6.56. The molecular weight excluding hydrogens is 336 g/mol. The van der Waals surface area contributed by atoms with Crippen molar-refractivity contribution >= 4 is 28.3 Å². The number of urea groups is 1. The topological polar surface area (TPSA) is 83.0 Å². The molecule has 0 unspecified atom stereocenters. The molecule has 0 radical (unpaired) electrons. The molecule has 2 aromatic heterocycles. The van der Waals surface area contributed by atoms with E-state index in [2.05, 4.69) is 30.7 Å². The molecule has 0 bridgehead atoms. The minimum absolute atomic E-state index is 0.257. The second kappa shape index (κ2) is 7.35. The highest BCUT2D eigenvalue weighted by molar-refractivity contribution is 7.15. The van der Waals surface area contributed by atoms with Crippen molar-refractivity contribution in [3.05, 3.63) is 28.9 Å². The minimum atomic E-state index is -0.257. The molecule has 1 aliphatic carbocycles. The molecule has 2 N–H and O–H groups in total. The summed E-state index contributed by atoms with van der Waals surface area (Å²) < 4.78 is 0. The molecule has 8 heteroatoms. The average Bonchev–Trinajstić information content (AvgIpc) is 3.41. The second-order valence-corrected chi connectivity index (χ2v) is 7.57. The number of nitrogens with one attached hydrogen (secondary N) is 2. The molecule has 1 aliphatic heterocycles. The lowest BCUT2D eigenvalue weighted by Gasteiger charge is -2.29. The fourth-order valence-corrected chi connectivity index (χ4v) is 3.96. The quantitative estimate of drug-likeness (QED) is 0.858. The Bertz CT molecular complexity index is 738. The summed E-state index contributed by atoms with van der Waals surface area (Å²) in [4.78, 5) is 19.0. The van der Waals surface area contributed by atoms with E-state index in [-0.39, 0.29) is 6.03 Å². The van der Waals surface area contributed by atoms with Gasteiger partial charge in [-0.2, -0.15) is 0 Å². The summed E-state index contributed by atoms with van der Waals surface area (Å²) in [5.41, 5.74) is 1.04. The molecule has 132 valence electrons. The van der Waals surface area contributed by atoms with Crippen LogP contribution < -0.4 is 15.5 Å². The number of carbonyl (C=O) groups excluding carboxylic acids is 1. The third kappa shape index (κ3) is 4.07. The Balaban J connectivity index is 1.34. The van der Waals surface area contributed by atoms with Crippen LogP contribution in [0.2, 0.25) is 0 Å². The van der Waals surface area contributed by atoms with Gasteiger partial charge >= 0.3 is 6.03 Å². The third-order valence-electron chi connectivity index (χ3n) is 4.55. The Morgan fingerprint density at radius 2 is 2.08 bits per heavy atom. The van der Waals surface area contributed by atoms with E-state index in [0.717, 1.165) is 29.5 Å².